The molecule has 0 aliphatic carbocycles. The van der Waals surface area contributed by atoms with Gasteiger partial charge in [0, 0.05) is 50.5 Å². The minimum absolute atomic E-state index is 0.170. The number of amides is 3. The zero-order valence-corrected chi connectivity index (χ0v) is 23.0. The molecule has 208 valence electrons. The minimum Gasteiger partial charge on any atom is -0.444 e. The molecular formula is C29H42N4O5. The molecule has 1 atom stereocenters. The van der Waals surface area contributed by atoms with Crippen LogP contribution in [0.2, 0.25) is 0 Å². The van der Waals surface area contributed by atoms with Gasteiger partial charge < -0.3 is 24.2 Å². The second kappa shape index (κ2) is 11.1. The van der Waals surface area contributed by atoms with Crippen LogP contribution in [0.5, 0.6) is 0 Å². The number of piperidine rings is 3. The fourth-order valence-corrected chi connectivity index (χ4v) is 6.24. The van der Waals surface area contributed by atoms with Crippen molar-refractivity contribution in [3.63, 3.8) is 0 Å². The summed E-state index contributed by atoms with van der Waals surface area (Å²) in [6.45, 7) is 9.76. The van der Waals surface area contributed by atoms with Crippen LogP contribution in [0.4, 0.5) is 16.2 Å². The van der Waals surface area contributed by atoms with Gasteiger partial charge in [-0.1, -0.05) is 6.07 Å². The van der Waals surface area contributed by atoms with Crippen LogP contribution in [-0.2, 0) is 25.5 Å². The van der Waals surface area contributed by atoms with Crippen molar-refractivity contribution in [1.29, 1.82) is 0 Å². The first-order valence-electron chi connectivity index (χ1n) is 14.3. The lowest BCUT2D eigenvalue weighted by atomic mass is 9.94. The molecule has 4 aliphatic rings. The van der Waals surface area contributed by atoms with E-state index in [9.17, 15) is 14.4 Å². The highest BCUT2D eigenvalue weighted by molar-refractivity contribution is 6.02. The van der Waals surface area contributed by atoms with E-state index in [1.807, 2.05) is 20.8 Å². The summed E-state index contributed by atoms with van der Waals surface area (Å²) in [7, 11) is 0. The number of imide groups is 1. The number of nitrogens with one attached hydrogen (secondary N) is 1. The predicted octanol–water partition coefficient (Wildman–Crippen LogP) is 3.63. The van der Waals surface area contributed by atoms with E-state index in [1.54, 1.807) is 4.90 Å². The van der Waals surface area contributed by atoms with Crippen molar-refractivity contribution in [2.45, 2.75) is 96.0 Å². The number of rotatable bonds is 4. The molecule has 0 saturated carbocycles. The molecule has 0 spiro atoms. The van der Waals surface area contributed by atoms with Gasteiger partial charge in [0.1, 0.15) is 11.6 Å². The average molecular weight is 527 g/mol. The smallest absolute Gasteiger partial charge is 0.410 e. The molecule has 3 saturated heterocycles. The normalized spacial score (nSPS) is 23.8. The largest absolute Gasteiger partial charge is 0.444 e. The lowest BCUT2D eigenvalue weighted by molar-refractivity contribution is -0.134. The van der Waals surface area contributed by atoms with Crippen LogP contribution in [0, 0.1) is 0 Å². The Kier molecular flexibility index (Phi) is 7.84. The van der Waals surface area contributed by atoms with Gasteiger partial charge in [0.15, 0.2) is 0 Å². The lowest BCUT2D eigenvalue weighted by Gasteiger charge is -2.42. The summed E-state index contributed by atoms with van der Waals surface area (Å²) in [5.74, 6) is -0.342. The van der Waals surface area contributed by atoms with Crippen molar-refractivity contribution in [1.82, 2.24) is 10.2 Å². The number of hydrogen-bond acceptors (Lipinski definition) is 7. The zero-order chi connectivity index (χ0) is 26.9. The molecule has 4 aliphatic heterocycles. The van der Waals surface area contributed by atoms with Gasteiger partial charge in [-0.15, -0.1) is 0 Å². The van der Waals surface area contributed by atoms with Gasteiger partial charge in [0.05, 0.1) is 12.2 Å². The molecule has 0 radical (unpaired) electrons. The molecule has 9 heteroatoms. The van der Waals surface area contributed by atoms with E-state index in [-0.39, 0.29) is 36.2 Å². The third kappa shape index (κ3) is 6.08. The van der Waals surface area contributed by atoms with Crippen LogP contribution in [0.1, 0.15) is 71.3 Å². The van der Waals surface area contributed by atoms with Gasteiger partial charge in [-0.3, -0.25) is 14.9 Å². The maximum Gasteiger partial charge on any atom is 0.410 e. The summed E-state index contributed by atoms with van der Waals surface area (Å²) in [6, 6.07) is 6.16. The van der Waals surface area contributed by atoms with Crippen LogP contribution in [0.15, 0.2) is 18.2 Å². The summed E-state index contributed by atoms with van der Waals surface area (Å²) in [6.07, 6.45) is 6.84. The zero-order valence-electron chi connectivity index (χ0n) is 23.0. The Morgan fingerprint density at radius 3 is 2.21 bits per heavy atom. The number of likely N-dealkylation sites (tertiary alicyclic amines) is 1. The molecule has 0 bridgehead atoms. The van der Waals surface area contributed by atoms with Crippen LogP contribution in [-0.4, -0.2) is 79.4 Å². The monoisotopic (exact) mass is 526 g/mol. The van der Waals surface area contributed by atoms with Crippen LogP contribution >= 0.6 is 0 Å². The Balaban J connectivity index is 1.15. The van der Waals surface area contributed by atoms with E-state index >= 15 is 0 Å². The molecule has 3 fully saturated rings. The summed E-state index contributed by atoms with van der Waals surface area (Å²) in [4.78, 5) is 43.1. The maximum atomic E-state index is 12.6. The number of carbonyl (C=O) groups is 3. The molecule has 4 heterocycles. The molecule has 1 N–H and O–H groups in total. The fourth-order valence-electron chi connectivity index (χ4n) is 6.24. The SMILES string of the molecule is CC(C)(C)OC(=O)N1CCC(OC2CCN(c3cccc4c3CCCN4C3CCC(=O)NC3=O)CC2)CC1. The van der Waals surface area contributed by atoms with E-state index in [1.165, 1.54) is 11.3 Å². The molecule has 38 heavy (non-hydrogen) atoms. The molecular weight excluding hydrogens is 484 g/mol. The second-order valence-electron chi connectivity index (χ2n) is 12.0. The van der Waals surface area contributed by atoms with E-state index in [4.69, 9.17) is 9.47 Å². The van der Waals surface area contributed by atoms with Gasteiger partial charge in [0.2, 0.25) is 11.8 Å². The summed E-state index contributed by atoms with van der Waals surface area (Å²) in [5, 5.41) is 2.52. The molecule has 5 rings (SSSR count). The number of fused-ring (bicyclic) bond motifs is 1. The lowest BCUT2D eigenvalue weighted by Crippen LogP contribution is -2.54. The van der Waals surface area contributed by atoms with Crippen molar-refractivity contribution in [3.05, 3.63) is 23.8 Å². The molecule has 1 unspecified atom stereocenters. The Labute approximate surface area is 225 Å². The van der Waals surface area contributed by atoms with E-state index in [2.05, 4.69) is 33.3 Å². The maximum absolute atomic E-state index is 12.6. The number of ether oxygens (including phenoxy) is 2. The van der Waals surface area contributed by atoms with Crippen molar-refractivity contribution < 1.29 is 23.9 Å². The Bertz CT molecular complexity index is 1040. The first kappa shape index (κ1) is 26.8. The summed E-state index contributed by atoms with van der Waals surface area (Å²) >= 11 is 0. The number of hydrogen-bond donors (Lipinski definition) is 1. The average Bonchev–Trinajstić information content (AvgIpc) is 2.88. The Morgan fingerprint density at radius 2 is 1.55 bits per heavy atom. The van der Waals surface area contributed by atoms with Crippen molar-refractivity contribution >= 4 is 29.3 Å². The van der Waals surface area contributed by atoms with Gasteiger partial charge in [0.25, 0.3) is 0 Å². The van der Waals surface area contributed by atoms with Gasteiger partial charge in [-0.05, 0) is 83.4 Å². The van der Waals surface area contributed by atoms with E-state index < -0.39 is 5.60 Å². The fraction of sp³-hybridized carbons (Fsp3) is 0.690. The van der Waals surface area contributed by atoms with Gasteiger partial charge in [-0.25, -0.2) is 4.79 Å². The van der Waals surface area contributed by atoms with Crippen LogP contribution in [0.3, 0.4) is 0 Å². The van der Waals surface area contributed by atoms with Crippen molar-refractivity contribution in [3.8, 4) is 0 Å². The van der Waals surface area contributed by atoms with E-state index in [0.29, 0.717) is 25.9 Å². The minimum atomic E-state index is -0.473. The van der Waals surface area contributed by atoms with E-state index in [0.717, 1.165) is 63.8 Å². The third-order valence-electron chi connectivity index (χ3n) is 8.11. The molecule has 3 amide bonds. The second-order valence-corrected chi connectivity index (χ2v) is 12.0. The quantitative estimate of drug-likeness (QED) is 0.599. The first-order chi connectivity index (χ1) is 18.2. The molecule has 1 aromatic carbocycles. The number of benzene rings is 1. The molecule has 9 nitrogen and oxygen atoms in total. The highest BCUT2D eigenvalue weighted by atomic mass is 16.6. The number of anilines is 2. The third-order valence-corrected chi connectivity index (χ3v) is 8.11. The standard InChI is InChI=1S/C29H42N4O5/c1-29(2,3)38-28(36)32-18-13-21(14-19-32)37-20-11-16-31(17-12-20)23-7-4-8-24-22(23)6-5-15-33(24)25-9-10-26(34)30-27(25)35/h4,7-8,20-21,25H,5-6,9-19H2,1-3H3,(H,30,34,35). The summed E-state index contributed by atoms with van der Waals surface area (Å²) < 4.78 is 12.0. The van der Waals surface area contributed by atoms with Crippen LogP contribution < -0.4 is 15.1 Å². The van der Waals surface area contributed by atoms with Gasteiger partial charge in [-0.2, -0.15) is 0 Å². The van der Waals surface area contributed by atoms with Crippen LogP contribution in [0.25, 0.3) is 0 Å². The Hall–Kier alpha value is -2.81. The topological polar surface area (TPSA) is 91.4 Å². The Morgan fingerprint density at radius 1 is 0.895 bits per heavy atom. The van der Waals surface area contributed by atoms with Crippen molar-refractivity contribution in [2.75, 3.05) is 42.5 Å². The molecule has 0 aromatic heterocycles. The van der Waals surface area contributed by atoms with Gasteiger partial charge >= 0.3 is 6.09 Å². The predicted molar refractivity (Wildman–Crippen MR) is 145 cm³/mol. The highest BCUT2D eigenvalue weighted by Crippen LogP contribution is 2.38. The number of carbonyl (C=O) groups excluding carboxylic acids is 3. The first-order valence-corrected chi connectivity index (χ1v) is 14.3. The highest BCUT2D eigenvalue weighted by Gasteiger charge is 2.35. The molecule has 1 aromatic rings. The number of nitrogens with zero attached hydrogens (tertiary/aromatic N) is 3. The summed E-state index contributed by atoms with van der Waals surface area (Å²) in [5.41, 5.74) is 3.25. The van der Waals surface area contributed by atoms with Crippen molar-refractivity contribution in [2.24, 2.45) is 0 Å².